The topological polar surface area (TPSA) is 122 Å². The molecule has 1 aliphatic carbocycles. The van der Waals surface area contributed by atoms with Crippen LogP contribution in [0, 0.1) is 23.2 Å². The number of rotatable bonds is 15. The molecule has 1 saturated heterocycles. The lowest BCUT2D eigenvalue weighted by Crippen LogP contribution is -2.51. The van der Waals surface area contributed by atoms with E-state index in [2.05, 4.69) is 43.0 Å². The van der Waals surface area contributed by atoms with Crippen molar-refractivity contribution in [1.82, 2.24) is 20.2 Å². The van der Waals surface area contributed by atoms with E-state index < -0.39 is 17.9 Å². The highest BCUT2D eigenvalue weighted by atomic mass is 16.5. The van der Waals surface area contributed by atoms with Crippen LogP contribution in [0.5, 0.6) is 5.75 Å². The van der Waals surface area contributed by atoms with Gasteiger partial charge in [0.2, 0.25) is 11.8 Å². The second-order valence-corrected chi connectivity index (χ2v) is 15.6. The average Bonchev–Trinajstić information content (AvgIpc) is 3.64. The molecule has 2 atom stereocenters. The second kappa shape index (κ2) is 17.8. The number of ether oxygens (including phenoxy) is 1. The van der Waals surface area contributed by atoms with Crippen molar-refractivity contribution in [3.63, 3.8) is 0 Å². The summed E-state index contributed by atoms with van der Waals surface area (Å²) in [6.45, 7) is 10.3. The molecule has 9 heteroatoms. The largest absolute Gasteiger partial charge is 0.494 e. The molecule has 2 amide bonds. The molecule has 3 aromatic rings. The molecule has 2 fully saturated rings. The minimum Gasteiger partial charge on any atom is -0.494 e. The van der Waals surface area contributed by atoms with E-state index in [1.165, 1.54) is 25.7 Å². The summed E-state index contributed by atoms with van der Waals surface area (Å²) < 4.78 is 5.90. The number of nitrogens with one attached hydrogen (secondary N) is 1. The number of nitrogens with zero attached hydrogens (tertiary/aromatic N) is 3. The van der Waals surface area contributed by atoms with Crippen molar-refractivity contribution in [3.05, 3.63) is 66.5 Å². The predicted octanol–water partition coefficient (Wildman–Crippen LogP) is 7.97. The third-order valence-electron chi connectivity index (χ3n) is 10.8. The highest BCUT2D eigenvalue weighted by Gasteiger charge is 2.37. The molecule has 2 unspecified atom stereocenters. The molecule has 1 aromatic heterocycles. The van der Waals surface area contributed by atoms with Gasteiger partial charge in [-0.3, -0.25) is 14.4 Å². The Morgan fingerprint density at radius 2 is 1.49 bits per heavy atom. The van der Waals surface area contributed by atoms with Gasteiger partial charge in [-0.05, 0) is 73.1 Å². The number of aromatic nitrogens is 2. The summed E-state index contributed by atoms with van der Waals surface area (Å²) in [7, 11) is 0. The van der Waals surface area contributed by atoms with Gasteiger partial charge in [0.15, 0.2) is 5.82 Å². The van der Waals surface area contributed by atoms with E-state index in [9.17, 15) is 19.5 Å². The Labute approximate surface area is 303 Å². The van der Waals surface area contributed by atoms with Crippen LogP contribution in [0.3, 0.4) is 0 Å². The summed E-state index contributed by atoms with van der Waals surface area (Å²) >= 11 is 0. The summed E-state index contributed by atoms with van der Waals surface area (Å²) in [5, 5.41) is 12.6. The first-order chi connectivity index (χ1) is 24.5. The highest BCUT2D eigenvalue weighted by molar-refractivity contribution is 5.89. The standard InChI is InChI=1S/C42H56N4O5/c1-5-6-7-8-9-24-51-36-20-16-30(17-21-36)34-26-43-38(44-27-34)31-12-10-29(11-13-31)25-37(40(48)46-23-22-33(28-46)41(49)50)45-39(47)32-14-18-35(19-15-32)42(2,3)4/h10-13,16-17,20-21,26-27,32-33,35,37H,5-9,14-15,18-19,22-25,28H2,1-4H3,(H,45,47)(H,49,50). The van der Waals surface area contributed by atoms with Crippen LogP contribution in [-0.2, 0) is 20.8 Å². The van der Waals surface area contributed by atoms with Crippen molar-refractivity contribution in [1.29, 1.82) is 0 Å². The number of aliphatic carboxylic acids is 1. The Hall–Kier alpha value is -4.27. The fraction of sp³-hybridized carbons (Fsp3) is 0.548. The molecule has 0 radical (unpaired) electrons. The van der Waals surface area contributed by atoms with E-state index in [1.54, 1.807) is 4.90 Å². The molecule has 1 aliphatic heterocycles. The van der Waals surface area contributed by atoms with E-state index in [4.69, 9.17) is 4.74 Å². The first kappa shape index (κ1) is 38.0. The van der Waals surface area contributed by atoms with Gasteiger partial charge in [0.05, 0.1) is 12.5 Å². The highest BCUT2D eigenvalue weighted by Crippen LogP contribution is 2.40. The Bertz CT molecular complexity index is 1580. The number of carboxylic acid groups (broad SMARTS) is 1. The number of carboxylic acids is 1. The number of hydrogen-bond acceptors (Lipinski definition) is 6. The normalized spacial score (nSPS) is 19.8. The van der Waals surface area contributed by atoms with Gasteiger partial charge in [0, 0.05) is 48.9 Å². The molecule has 5 rings (SSSR count). The Morgan fingerprint density at radius 1 is 0.843 bits per heavy atom. The number of hydrogen-bond donors (Lipinski definition) is 2. The molecule has 2 aliphatic rings. The van der Waals surface area contributed by atoms with E-state index in [-0.39, 0.29) is 29.7 Å². The SMILES string of the molecule is CCCCCCCOc1ccc(-c2cnc(-c3ccc(CC(NC(=O)C4CCC(C(C)(C)C)CC4)C(=O)N4CCC(C(=O)O)C4)cc3)nc2)cc1. The molecule has 1 saturated carbocycles. The molecule has 2 heterocycles. The summed E-state index contributed by atoms with van der Waals surface area (Å²) in [5.74, 6) is 0.144. The van der Waals surface area contributed by atoms with Crippen LogP contribution in [0.1, 0.15) is 97.5 Å². The zero-order chi connectivity index (χ0) is 36.4. The zero-order valence-electron chi connectivity index (χ0n) is 30.9. The second-order valence-electron chi connectivity index (χ2n) is 15.6. The summed E-state index contributed by atoms with van der Waals surface area (Å²) in [5.41, 5.74) is 3.88. The Kier molecular flexibility index (Phi) is 13.2. The van der Waals surface area contributed by atoms with Gasteiger partial charge in [-0.2, -0.15) is 0 Å². The van der Waals surface area contributed by atoms with Crippen molar-refractivity contribution in [2.45, 2.75) is 104 Å². The van der Waals surface area contributed by atoms with Gasteiger partial charge in [0.25, 0.3) is 0 Å². The number of benzene rings is 2. The maximum Gasteiger partial charge on any atom is 0.308 e. The molecule has 2 N–H and O–H groups in total. The molecular weight excluding hydrogens is 640 g/mol. The maximum absolute atomic E-state index is 13.8. The van der Waals surface area contributed by atoms with E-state index in [0.29, 0.717) is 31.1 Å². The fourth-order valence-corrected chi connectivity index (χ4v) is 7.38. The smallest absolute Gasteiger partial charge is 0.308 e. The Balaban J connectivity index is 1.20. The summed E-state index contributed by atoms with van der Waals surface area (Å²) in [6, 6.07) is 15.0. The molecule has 0 bridgehead atoms. The van der Waals surface area contributed by atoms with Crippen LogP contribution in [-0.4, -0.2) is 63.5 Å². The number of likely N-dealkylation sites (tertiary alicyclic amines) is 1. The third kappa shape index (κ3) is 10.6. The lowest BCUT2D eigenvalue weighted by atomic mass is 9.69. The van der Waals surface area contributed by atoms with Crippen molar-refractivity contribution in [2.24, 2.45) is 23.2 Å². The number of amides is 2. The van der Waals surface area contributed by atoms with Crippen LogP contribution in [0.15, 0.2) is 60.9 Å². The number of carbonyl (C=O) groups is 3. The van der Waals surface area contributed by atoms with Crippen molar-refractivity contribution in [2.75, 3.05) is 19.7 Å². The molecule has 2 aromatic carbocycles. The van der Waals surface area contributed by atoms with Gasteiger partial charge < -0.3 is 20.1 Å². The minimum atomic E-state index is -0.890. The molecule has 274 valence electrons. The monoisotopic (exact) mass is 696 g/mol. The van der Waals surface area contributed by atoms with Gasteiger partial charge in [-0.1, -0.05) is 89.8 Å². The third-order valence-corrected chi connectivity index (χ3v) is 10.8. The van der Waals surface area contributed by atoms with Crippen LogP contribution < -0.4 is 10.1 Å². The van der Waals surface area contributed by atoms with E-state index in [0.717, 1.165) is 66.7 Å². The van der Waals surface area contributed by atoms with Gasteiger partial charge in [-0.15, -0.1) is 0 Å². The van der Waals surface area contributed by atoms with Crippen molar-refractivity contribution >= 4 is 17.8 Å². The summed E-state index contributed by atoms with van der Waals surface area (Å²) in [6.07, 6.45) is 14.0. The lowest BCUT2D eigenvalue weighted by molar-refractivity contribution is -0.142. The molecule has 51 heavy (non-hydrogen) atoms. The van der Waals surface area contributed by atoms with E-state index >= 15 is 0 Å². The minimum absolute atomic E-state index is 0.0835. The van der Waals surface area contributed by atoms with Crippen LogP contribution in [0.25, 0.3) is 22.5 Å². The number of carbonyl (C=O) groups excluding carboxylic acids is 2. The maximum atomic E-state index is 13.8. The predicted molar refractivity (Wildman–Crippen MR) is 200 cm³/mol. The van der Waals surface area contributed by atoms with Gasteiger partial charge >= 0.3 is 5.97 Å². The quantitative estimate of drug-likeness (QED) is 0.155. The molecule has 0 spiro atoms. The summed E-state index contributed by atoms with van der Waals surface area (Å²) in [4.78, 5) is 49.7. The first-order valence-electron chi connectivity index (χ1n) is 19.0. The molecule has 9 nitrogen and oxygen atoms in total. The van der Waals surface area contributed by atoms with Crippen LogP contribution in [0.2, 0.25) is 0 Å². The van der Waals surface area contributed by atoms with Crippen LogP contribution >= 0.6 is 0 Å². The van der Waals surface area contributed by atoms with Gasteiger partial charge in [0.1, 0.15) is 11.8 Å². The van der Waals surface area contributed by atoms with Crippen molar-refractivity contribution < 1.29 is 24.2 Å². The lowest BCUT2D eigenvalue weighted by Gasteiger charge is -2.37. The Morgan fingerprint density at radius 3 is 2.10 bits per heavy atom. The van der Waals surface area contributed by atoms with E-state index in [1.807, 2.05) is 60.9 Å². The van der Waals surface area contributed by atoms with Crippen molar-refractivity contribution in [3.8, 4) is 28.3 Å². The zero-order valence-corrected chi connectivity index (χ0v) is 30.9. The number of unbranched alkanes of at least 4 members (excludes halogenated alkanes) is 4. The fourth-order valence-electron chi connectivity index (χ4n) is 7.38. The average molecular weight is 697 g/mol. The van der Waals surface area contributed by atoms with Crippen LogP contribution in [0.4, 0.5) is 0 Å². The van der Waals surface area contributed by atoms with Gasteiger partial charge in [-0.25, -0.2) is 9.97 Å². The molecular formula is C42H56N4O5. The first-order valence-corrected chi connectivity index (χ1v) is 19.0.